The number of rotatable bonds is 8. The second kappa shape index (κ2) is 8.54. The highest BCUT2D eigenvalue weighted by Gasteiger charge is 2.48. The van der Waals surface area contributed by atoms with Gasteiger partial charge in [0.25, 0.3) is 0 Å². The number of ketones is 1. The maximum atomic E-state index is 11.2. The minimum atomic E-state index is -2.23. The van der Waals surface area contributed by atoms with Gasteiger partial charge in [0.1, 0.15) is 11.8 Å². The fourth-order valence-corrected chi connectivity index (χ4v) is 2.32. The Morgan fingerprint density at radius 3 is 2.55 bits per heavy atom. The largest absolute Gasteiger partial charge is 0.394 e. The number of Topliss-reactive ketones (excluding diaryl/α,β-unsaturated/α-hetero) is 1. The zero-order chi connectivity index (χ0) is 16.8. The molecule has 8 heteroatoms. The number of unbranched alkanes of at least 4 members (excludes halogenated alkanes) is 1. The van der Waals surface area contributed by atoms with Gasteiger partial charge >= 0.3 is 0 Å². The minimum Gasteiger partial charge on any atom is -0.394 e. The van der Waals surface area contributed by atoms with Gasteiger partial charge in [0.05, 0.1) is 12.7 Å². The predicted octanol–water partition coefficient (Wildman–Crippen LogP) is -0.945. The molecule has 0 aromatic heterocycles. The van der Waals surface area contributed by atoms with Gasteiger partial charge in [-0.2, -0.15) is 0 Å². The fourth-order valence-electron chi connectivity index (χ4n) is 2.32. The van der Waals surface area contributed by atoms with E-state index in [4.69, 9.17) is 14.6 Å². The monoisotopic (exact) mass is 319 g/mol. The first kappa shape index (κ1) is 19.0. The highest BCUT2D eigenvalue weighted by Crippen LogP contribution is 2.28. The van der Waals surface area contributed by atoms with E-state index in [1.165, 1.54) is 13.8 Å². The molecular formula is C14H25NO7. The molecule has 1 amide bonds. The Hall–Kier alpha value is -1.06. The molecule has 0 aromatic carbocycles. The summed E-state index contributed by atoms with van der Waals surface area (Å²) in [7, 11) is 0. The van der Waals surface area contributed by atoms with Crippen LogP contribution in [0.1, 0.15) is 39.5 Å². The molecule has 4 N–H and O–H groups in total. The predicted molar refractivity (Wildman–Crippen MR) is 75.6 cm³/mol. The van der Waals surface area contributed by atoms with E-state index in [9.17, 15) is 19.8 Å². The van der Waals surface area contributed by atoms with Gasteiger partial charge in [-0.25, -0.2) is 0 Å². The first-order valence-electron chi connectivity index (χ1n) is 7.35. The van der Waals surface area contributed by atoms with Crippen molar-refractivity contribution in [1.82, 2.24) is 5.32 Å². The highest BCUT2D eigenvalue weighted by atomic mass is 16.7. The molecular weight excluding hydrogens is 294 g/mol. The molecule has 128 valence electrons. The molecule has 1 rings (SSSR count). The third-order valence-corrected chi connectivity index (χ3v) is 3.39. The van der Waals surface area contributed by atoms with Crippen LogP contribution in [0.3, 0.4) is 0 Å². The van der Waals surface area contributed by atoms with E-state index in [0.717, 1.165) is 0 Å². The van der Waals surface area contributed by atoms with Gasteiger partial charge < -0.3 is 34.9 Å². The molecule has 0 aromatic rings. The van der Waals surface area contributed by atoms with Gasteiger partial charge in [0.2, 0.25) is 5.91 Å². The molecule has 1 heterocycles. The second-order valence-corrected chi connectivity index (χ2v) is 5.60. The van der Waals surface area contributed by atoms with Crippen LogP contribution < -0.4 is 5.32 Å². The molecule has 1 aliphatic rings. The molecule has 22 heavy (non-hydrogen) atoms. The lowest BCUT2D eigenvalue weighted by Gasteiger charge is -2.43. The molecule has 2 unspecified atom stereocenters. The molecule has 8 nitrogen and oxygen atoms in total. The van der Waals surface area contributed by atoms with Crippen LogP contribution in [-0.2, 0) is 19.1 Å². The first-order chi connectivity index (χ1) is 10.3. The summed E-state index contributed by atoms with van der Waals surface area (Å²) in [5, 5.41) is 31.7. The van der Waals surface area contributed by atoms with Gasteiger partial charge in [0, 0.05) is 26.4 Å². The van der Waals surface area contributed by atoms with Crippen LogP contribution in [0.15, 0.2) is 0 Å². The summed E-state index contributed by atoms with van der Waals surface area (Å²) in [4.78, 5) is 22.1. The van der Waals surface area contributed by atoms with Crippen LogP contribution in [0.2, 0.25) is 0 Å². The van der Waals surface area contributed by atoms with E-state index >= 15 is 0 Å². The number of amides is 1. The number of hydrogen-bond acceptors (Lipinski definition) is 7. The zero-order valence-electron chi connectivity index (χ0n) is 12.9. The van der Waals surface area contributed by atoms with Crippen molar-refractivity contribution in [3.8, 4) is 0 Å². The van der Waals surface area contributed by atoms with E-state index in [-0.39, 0.29) is 25.4 Å². The van der Waals surface area contributed by atoms with Crippen molar-refractivity contribution in [1.29, 1.82) is 0 Å². The molecule has 1 aliphatic heterocycles. The van der Waals surface area contributed by atoms with E-state index < -0.39 is 30.1 Å². The van der Waals surface area contributed by atoms with Crippen molar-refractivity contribution in [3.05, 3.63) is 0 Å². The lowest BCUT2D eigenvalue weighted by molar-refractivity contribution is -0.316. The van der Waals surface area contributed by atoms with Crippen LogP contribution >= 0.6 is 0 Å². The number of ether oxygens (including phenoxy) is 2. The Bertz CT molecular complexity index is 385. The van der Waals surface area contributed by atoms with Gasteiger partial charge in [0.15, 0.2) is 12.1 Å². The third kappa shape index (κ3) is 5.98. The fraction of sp³-hybridized carbons (Fsp3) is 0.857. The Morgan fingerprint density at radius 2 is 2.00 bits per heavy atom. The third-order valence-electron chi connectivity index (χ3n) is 3.39. The number of aliphatic hydroxyl groups is 3. The standard InChI is InChI=1S/C14H25NO7/c1-9(17)5-3-4-6-21-13-12(15-10(2)18)14(19,20)7-11(8-16)22-13/h11-13,16,19-20H,3-8H2,1-2H3,(H,15,18)/t11?,12?,13-/m1/s1. The quantitative estimate of drug-likeness (QED) is 0.336. The summed E-state index contributed by atoms with van der Waals surface area (Å²) >= 11 is 0. The average Bonchev–Trinajstić information content (AvgIpc) is 2.40. The van der Waals surface area contributed by atoms with Crippen molar-refractivity contribution in [2.24, 2.45) is 0 Å². The minimum absolute atomic E-state index is 0.0927. The topological polar surface area (TPSA) is 125 Å². The summed E-state index contributed by atoms with van der Waals surface area (Å²) in [6.07, 6.45) is -0.407. The van der Waals surface area contributed by atoms with E-state index in [0.29, 0.717) is 19.3 Å². The van der Waals surface area contributed by atoms with E-state index in [2.05, 4.69) is 5.32 Å². The molecule has 0 aliphatic carbocycles. The normalized spacial score (nSPS) is 27.4. The first-order valence-corrected chi connectivity index (χ1v) is 7.35. The smallest absolute Gasteiger partial charge is 0.217 e. The van der Waals surface area contributed by atoms with Crippen molar-refractivity contribution in [3.63, 3.8) is 0 Å². The second-order valence-electron chi connectivity index (χ2n) is 5.60. The highest BCUT2D eigenvalue weighted by molar-refractivity contribution is 5.75. The Balaban J connectivity index is 2.60. The van der Waals surface area contributed by atoms with Gasteiger partial charge in [-0.3, -0.25) is 4.79 Å². The van der Waals surface area contributed by atoms with Crippen molar-refractivity contribution < 1.29 is 34.4 Å². The Labute approximate surface area is 129 Å². The summed E-state index contributed by atoms with van der Waals surface area (Å²) in [5.74, 6) is -2.59. The van der Waals surface area contributed by atoms with Gasteiger partial charge in [-0.05, 0) is 19.8 Å². The summed E-state index contributed by atoms with van der Waals surface area (Å²) in [5.41, 5.74) is 0. The number of nitrogens with one attached hydrogen (secondary N) is 1. The number of hydrogen-bond donors (Lipinski definition) is 4. The van der Waals surface area contributed by atoms with Crippen LogP contribution in [-0.4, -0.2) is 64.4 Å². The molecule has 0 spiro atoms. The summed E-state index contributed by atoms with van der Waals surface area (Å²) in [6, 6.07) is -1.15. The lowest BCUT2D eigenvalue weighted by Crippen LogP contribution is -2.65. The van der Waals surface area contributed by atoms with Crippen molar-refractivity contribution in [2.75, 3.05) is 13.2 Å². The summed E-state index contributed by atoms with van der Waals surface area (Å²) < 4.78 is 10.9. The zero-order valence-corrected chi connectivity index (χ0v) is 12.9. The lowest BCUT2D eigenvalue weighted by atomic mass is 9.96. The molecule has 0 radical (unpaired) electrons. The maximum absolute atomic E-state index is 11.2. The number of carbonyl (C=O) groups is 2. The van der Waals surface area contributed by atoms with Crippen LogP contribution in [0.5, 0.6) is 0 Å². The molecule has 3 atom stereocenters. The van der Waals surface area contributed by atoms with E-state index in [1.807, 2.05) is 0 Å². The maximum Gasteiger partial charge on any atom is 0.217 e. The number of aliphatic hydroxyl groups excluding tert-OH is 1. The molecule has 0 saturated carbocycles. The average molecular weight is 319 g/mol. The van der Waals surface area contributed by atoms with Crippen LogP contribution in [0, 0.1) is 0 Å². The Kier molecular flexibility index (Phi) is 7.37. The number of carbonyl (C=O) groups excluding carboxylic acids is 2. The van der Waals surface area contributed by atoms with Gasteiger partial charge in [-0.1, -0.05) is 0 Å². The van der Waals surface area contributed by atoms with E-state index in [1.54, 1.807) is 0 Å². The Morgan fingerprint density at radius 1 is 1.32 bits per heavy atom. The van der Waals surface area contributed by atoms with Crippen LogP contribution in [0.25, 0.3) is 0 Å². The van der Waals surface area contributed by atoms with Crippen molar-refractivity contribution in [2.45, 2.75) is 63.8 Å². The molecule has 1 fully saturated rings. The van der Waals surface area contributed by atoms with Gasteiger partial charge in [-0.15, -0.1) is 0 Å². The van der Waals surface area contributed by atoms with Crippen LogP contribution in [0.4, 0.5) is 0 Å². The molecule has 1 saturated heterocycles. The van der Waals surface area contributed by atoms with Crippen molar-refractivity contribution >= 4 is 11.7 Å². The SMILES string of the molecule is CC(=O)CCCCO[C@@H]1OC(CO)CC(O)(O)C1NC(C)=O. The molecule has 0 bridgehead atoms. The summed E-state index contributed by atoms with van der Waals surface area (Å²) in [6.45, 7) is 2.61.